The zero-order chi connectivity index (χ0) is 15.5. The fourth-order valence-corrected chi connectivity index (χ4v) is 2.42. The highest BCUT2D eigenvalue weighted by molar-refractivity contribution is 6.07. The SMILES string of the molecule is CCCNC(=O)Nc1cc2oc3ccccc3c2cc1OC. The van der Waals surface area contributed by atoms with Crippen LogP contribution >= 0.6 is 0 Å². The molecular formula is C17H18N2O3. The summed E-state index contributed by atoms with van der Waals surface area (Å²) < 4.78 is 11.2. The number of anilines is 1. The van der Waals surface area contributed by atoms with Crippen molar-refractivity contribution in [3.05, 3.63) is 36.4 Å². The standard InChI is InChI=1S/C17H18N2O3/c1-3-8-18-17(20)19-13-10-15-12(9-16(13)21-2)11-6-4-5-7-14(11)22-15/h4-7,9-10H,3,8H2,1-2H3,(H2,18,19,20). The quantitative estimate of drug-likeness (QED) is 0.761. The molecule has 0 atom stereocenters. The topological polar surface area (TPSA) is 63.5 Å². The molecule has 0 bridgehead atoms. The number of methoxy groups -OCH3 is 1. The molecule has 0 aliphatic heterocycles. The Labute approximate surface area is 128 Å². The molecule has 3 rings (SSSR count). The number of carbonyl (C=O) groups is 1. The van der Waals surface area contributed by atoms with Gasteiger partial charge in [-0.2, -0.15) is 0 Å². The first-order valence-electron chi connectivity index (χ1n) is 7.27. The van der Waals surface area contributed by atoms with Crippen molar-refractivity contribution < 1.29 is 13.9 Å². The van der Waals surface area contributed by atoms with Crippen LogP contribution in [0.25, 0.3) is 21.9 Å². The lowest BCUT2D eigenvalue weighted by atomic mass is 10.1. The summed E-state index contributed by atoms with van der Waals surface area (Å²) in [5.41, 5.74) is 2.11. The predicted octanol–water partition coefficient (Wildman–Crippen LogP) is 4.13. The molecule has 2 N–H and O–H groups in total. The molecule has 114 valence electrons. The van der Waals surface area contributed by atoms with Gasteiger partial charge in [-0.1, -0.05) is 25.1 Å². The monoisotopic (exact) mass is 298 g/mol. The van der Waals surface area contributed by atoms with E-state index in [1.165, 1.54) is 0 Å². The Balaban J connectivity index is 2.02. The van der Waals surface area contributed by atoms with Crippen molar-refractivity contribution in [2.45, 2.75) is 13.3 Å². The first kappa shape index (κ1) is 14.3. The number of rotatable bonds is 4. The minimum atomic E-state index is -0.254. The number of ether oxygens (including phenoxy) is 1. The summed E-state index contributed by atoms with van der Waals surface area (Å²) in [6, 6.07) is 11.2. The third-order valence-corrected chi connectivity index (χ3v) is 3.48. The molecule has 0 fully saturated rings. The summed E-state index contributed by atoms with van der Waals surface area (Å²) in [6.45, 7) is 2.63. The average Bonchev–Trinajstić information content (AvgIpc) is 2.89. The van der Waals surface area contributed by atoms with Crippen molar-refractivity contribution in [3.63, 3.8) is 0 Å². The lowest BCUT2D eigenvalue weighted by molar-refractivity contribution is 0.252. The third-order valence-electron chi connectivity index (χ3n) is 3.48. The van der Waals surface area contributed by atoms with Gasteiger partial charge >= 0.3 is 6.03 Å². The van der Waals surface area contributed by atoms with Crippen molar-refractivity contribution in [1.29, 1.82) is 0 Å². The molecule has 22 heavy (non-hydrogen) atoms. The van der Waals surface area contributed by atoms with Crippen LogP contribution in [0.2, 0.25) is 0 Å². The summed E-state index contributed by atoms with van der Waals surface area (Å²) in [5, 5.41) is 7.56. The molecular weight excluding hydrogens is 280 g/mol. The number of hydrogen-bond donors (Lipinski definition) is 2. The maximum Gasteiger partial charge on any atom is 0.319 e. The van der Waals surface area contributed by atoms with Crippen LogP contribution in [-0.2, 0) is 0 Å². The predicted molar refractivity (Wildman–Crippen MR) is 87.6 cm³/mol. The van der Waals surface area contributed by atoms with Crippen LogP contribution in [0, 0.1) is 0 Å². The van der Waals surface area contributed by atoms with E-state index in [-0.39, 0.29) is 6.03 Å². The molecule has 2 aromatic carbocycles. The largest absolute Gasteiger partial charge is 0.495 e. The van der Waals surface area contributed by atoms with Crippen molar-refractivity contribution in [1.82, 2.24) is 5.32 Å². The minimum Gasteiger partial charge on any atom is -0.495 e. The molecule has 0 spiro atoms. The Morgan fingerprint density at radius 2 is 2.00 bits per heavy atom. The zero-order valence-corrected chi connectivity index (χ0v) is 12.6. The molecule has 5 heteroatoms. The summed E-state index contributed by atoms with van der Waals surface area (Å²) >= 11 is 0. The fraction of sp³-hybridized carbons (Fsp3) is 0.235. The molecule has 0 radical (unpaired) electrons. The Hall–Kier alpha value is -2.69. The van der Waals surface area contributed by atoms with E-state index in [1.54, 1.807) is 13.2 Å². The molecule has 0 saturated carbocycles. The van der Waals surface area contributed by atoms with Gasteiger partial charge in [0.05, 0.1) is 12.8 Å². The second-order valence-corrected chi connectivity index (χ2v) is 5.03. The van der Waals surface area contributed by atoms with Crippen LogP contribution in [0.4, 0.5) is 10.5 Å². The summed E-state index contributed by atoms with van der Waals surface area (Å²) in [6.07, 6.45) is 0.882. The van der Waals surface area contributed by atoms with Crippen molar-refractivity contribution >= 4 is 33.7 Å². The van der Waals surface area contributed by atoms with Crippen LogP contribution in [0.1, 0.15) is 13.3 Å². The second kappa shape index (κ2) is 5.97. The Morgan fingerprint density at radius 3 is 2.77 bits per heavy atom. The number of furan rings is 1. The maximum atomic E-state index is 11.8. The van der Waals surface area contributed by atoms with Crippen molar-refractivity contribution in [2.24, 2.45) is 0 Å². The molecule has 0 unspecified atom stereocenters. The van der Waals surface area contributed by atoms with Crippen molar-refractivity contribution in [3.8, 4) is 5.75 Å². The van der Waals surface area contributed by atoms with Gasteiger partial charge in [0.1, 0.15) is 16.9 Å². The number of nitrogens with one attached hydrogen (secondary N) is 2. The number of hydrogen-bond acceptors (Lipinski definition) is 3. The van der Waals surface area contributed by atoms with Crippen LogP contribution < -0.4 is 15.4 Å². The summed E-state index contributed by atoms with van der Waals surface area (Å²) in [4.78, 5) is 11.8. The number of carbonyl (C=O) groups excluding carboxylic acids is 1. The average molecular weight is 298 g/mol. The third kappa shape index (κ3) is 2.57. The van der Waals surface area contributed by atoms with Gasteiger partial charge in [0.25, 0.3) is 0 Å². The van der Waals surface area contributed by atoms with Gasteiger partial charge in [0.15, 0.2) is 0 Å². The Bertz CT molecular complexity index is 823. The molecule has 5 nitrogen and oxygen atoms in total. The molecule has 0 saturated heterocycles. The Morgan fingerprint density at radius 1 is 1.18 bits per heavy atom. The van der Waals surface area contributed by atoms with Gasteiger partial charge in [0, 0.05) is 23.4 Å². The van der Waals surface area contributed by atoms with E-state index in [4.69, 9.17) is 9.15 Å². The van der Waals surface area contributed by atoms with Gasteiger partial charge in [-0.15, -0.1) is 0 Å². The molecule has 3 aromatic rings. The lowest BCUT2D eigenvalue weighted by Crippen LogP contribution is -2.29. The number of fused-ring (bicyclic) bond motifs is 3. The number of benzene rings is 2. The second-order valence-electron chi connectivity index (χ2n) is 5.03. The highest BCUT2D eigenvalue weighted by atomic mass is 16.5. The van der Waals surface area contributed by atoms with E-state index in [9.17, 15) is 4.79 Å². The zero-order valence-electron chi connectivity index (χ0n) is 12.6. The first-order valence-corrected chi connectivity index (χ1v) is 7.27. The van der Waals surface area contributed by atoms with Gasteiger partial charge in [-0.25, -0.2) is 4.79 Å². The van der Waals surface area contributed by atoms with Gasteiger partial charge in [0.2, 0.25) is 0 Å². The van der Waals surface area contributed by atoms with Gasteiger partial charge in [-0.3, -0.25) is 0 Å². The molecule has 1 aromatic heterocycles. The Kier molecular flexibility index (Phi) is 3.87. The first-order chi connectivity index (χ1) is 10.7. The van der Waals surface area contributed by atoms with Gasteiger partial charge in [-0.05, 0) is 18.6 Å². The van der Waals surface area contributed by atoms with E-state index in [0.717, 1.165) is 22.8 Å². The van der Waals surface area contributed by atoms with Crippen LogP contribution in [-0.4, -0.2) is 19.7 Å². The normalized spacial score (nSPS) is 10.8. The van der Waals surface area contributed by atoms with E-state index in [1.807, 2.05) is 37.3 Å². The highest BCUT2D eigenvalue weighted by Gasteiger charge is 2.13. The number of urea groups is 1. The summed E-state index contributed by atoms with van der Waals surface area (Å²) in [5.74, 6) is 0.603. The summed E-state index contributed by atoms with van der Waals surface area (Å²) in [7, 11) is 1.58. The van der Waals surface area contributed by atoms with E-state index < -0.39 is 0 Å². The number of para-hydroxylation sites is 1. The van der Waals surface area contributed by atoms with E-state index >= 15 is 0 Å². The molecule has 1 heterocycles. The number of amides is 2. The minimum absolute atomic E-state index is 0.254. The maximum absolute atomic E-state index is 11.8. The molecule has 2 amide bonds. The van der Waals surface area contributed by atoms with Crippen LogP contribution in [0.3, 0.4) is 0 Å². The lowest BCUT2D eigenvalue weighted by Gasteiger charge is -2.11. The highest BCUT2D eigenvalue weighted by Crippen LogP contribution is 2.36. The fourth-order valence-electron chi connectivity index (χ4n) is 2.42. The van der Waals surface area contributed by atoms with Gasteiger partial charge < -0.3 is 19.8 Å². The molecule has 0 aliphatic carbocycles. The van der Waals surface area contributed by atoms with Crippen LogP contribution in [0.5, 0.6) is 5.75 Å². The van der Waals surface area contributed by atoms with Crippen LogP contribution in [0.15, 0.2) is 40.8 Å². The van der Waals surface area contributed by atoms with E-state index in [0.29, 0.717) is 23.6 Å². The van der Waals surface area contributed by atoms with Crippen molar-refractivity contribution in [2.75, 3.05) is 19.0 Å². The molecule has 0 aliphatic rings. The smallest absolute Gasteiger partial charge is 0.319 e. The van der Waals surface area contributed by atoms with E-state index in [2.05, 4.69) is 10.6 Å².